The number of β-amino-alcohol motifs (C(OH)–C–C–N with tert-alkyl or cyclic N) is 1. The van der Waals surface area contributed by atoms with Gasteiger partial charge in [0.2, 0.25) is 0 Å². The fourth-order valence-corrected chi connectivity index (χ4v) is 4.32. The number of nitrogens with zero attached hydrogens (tertiary/aromatic N) is 2. The summed E-state index contributed by atoms with van der Waals surface area (Å²) < 4.78 is 5.81. The Balaban J connectivity index is 0.00000121. The zero-order chi connectivity index (χ0) is 13.9. The number of likely N-dealkylation sites (N-methyl/N-ethyl adjacent to an activating group) is 1. The van der Waals surface area contributed by atoms with E-state index >= 15 is 0 Å². The van der Waals surface area contributed by atoms with Crippen LogP contribution in [0.5, 0.6) is 0 Å². The molecule has 22 heavy (non-hydrogen) atoms. The van der Waals surface area contributed by atoms with E-state index in [-0.39, 0.29) is 30.9 Å². The maximum Gasteiger partial charge on any atom is 0.0900 e. The Morgan fingerprint density at radius 2 is 1.82 bits per heavy atom. The molecule has 3 aliphatic rings. The molecule has 1 heterocycles. The Morgan fingerprint density at radius 1 is 1.09 bits per heavy atom. The van der Waals surface area contributed by atoms with Crippen molar-refractivity contribution in [2.75, 3.05) is 53.0 Å². The number of hydrogen-bond acceptors (Lipinski definition) is 4. The molecule has 2 bridgehead atoms. The molecule has 4 atom stereocenters. The van der Waals surface area contributed by atoms with Gasteiger partial charge in [-0.25, -0.2) is 0 Å². The van der Waals surface area contributed by atoms with Gasteiger partial charge in [0.05, 0.1) is 12.7 Å². The predicted octanol–water partition coefficient (Wildman–Crippen LogP) is 1.89. The van der Waals surface area contributed by atoms with Crippen LogP contribution in [0.3, 0.4) is 0 Å². The maximum absolute atomic E-state index is 10.1. The second-order valence-corrected chi connectivity index (χ2v) is 7.23. The minimum Gasteiger partial charge on any atom is -0.389 e. The number of ether oxygens (including phenoxy) is 1. The number of halogens is 2. The third-order valence-corrected chi connectivity index (χ3v) is 5.59. The van der Waals surface area contributed by atoms with E-state index in [2.05, 4.69) is 16.8 Å². The van der Waals surface area contributed by atoms with Crippen molar-refractivity contribution in [2.45, 2.75) is 31.8 Å². The van der Waals surface area contributed by atoms with Crippen molar-refractivity contribution in [3.63, 3.8) is 0 Å². The lowest BCUT2D eigenvalue weighted by molar-refractivity contribution is -0.00742. The van der Waals surface area contributed by atoms with E-state index in [1.807, 2.05) is 0 Å². The molecule has 1 aliphatic heterocycles. The molecule has 0 spiro atoms. The molecule has 4 nitrogen and oxygen atoms in total. The molecule has 6 heteroatoms. The fourth-order valence-electron chi connectivity index (χ4n) is 4.32. The summed E-state index contributed by atoms with van der Waals surface area (Å²) in [7, 11) is 2.16. The Hall–Kier alpha value is 0.420. The van der Waals surface area contributed by atoms with Crippen molar-refractivity contribution in [1.29, 1.82) is 0 Å². The van der Waals surface area contributed by atoms with Gasteiger partial charge in [-0.05, 0) is 44.1 Å². The first kappa shape index (κ1) is 20.5. The van der Waals surface area contributed by atoms with E-state index in [4.69, 9.17) is 4.74 Å². The highest BCUT2D eigenvalue weighted by Crippen LogP contribution is 2.48. The van der Waals surface area contributed by atoms with Gasteiger partial charge in [-0.15, -0.1) is 24.8 Å². The Labute approximate surface area is 147 Å². The molecule has 4 unspecified atom stereocenters. The SMILES string of the molecule is CN1CCN(CC(O)COCC2CC3CCC2C3)CC1.Cl.Cl. The standard InChI is InChI=1S/C16H30N2O2.2ClH/c1-17-4-6-18(7-5-17)10-16(19)12-20-11-15-9-13-2-3-14(15)8-13;;/h13-16,19H,2-12H2,1H3;2*1H. The van der Waals surface area contributed by atoms with Gasteiger partial charge in [0, 0.05) is 39.3 Å². The van der Waals surface area contributed by atoms with Crippen LogP contribution in [0.25, 0.3) is 0 Å². The highest BCUT2D eigenvalue weighted by molar-refractivity contribution is 5.85. The van der Waals surface area contributed by atoms with Gasteiger partial charge in [-0.3, -0.25) is 4.90 Å². The Morgan fingerprint density at radius 3 is 2.41 bits per heavy atom. The zero-order valence-electron chi connectivity index (χ0n) is 13.7. The molecule has 0 aromatic rings. The first-order valence-electron chi connectivity index (χ1n) is 8.37. The zero-order valence-corrected chi connectivity index (χ0v) is 15.3. The summed E-state index contributed by atoms with van der Waals surface area (Å²) in [5.41, 5.74) is 0. The molecule has 1 N–H and O–H groups in total. The lowest BCUT2D eigenvalue weighted by Crippen LogP contribution is -2.47. The molecule has 0 amide bonds. The molecule has 132 valence electrons. The van der Waals surface area contributed by atoms with Crippen LogP contribution in [0.2, 0.25) is 0 Å². The molecule has 3 fully saturated rings. The van der Waals surface area contributed by atoms with Crippen LogP contribution in [0.15, 0.2) is 0 Å². The topological polar surface area (TPSA) is 35.9 Å². The summed E-state index contributed by atoms with van der Waals surface area (Å²) in [5, 5.41) is 10.1. The first-order chi connectivity index (χ1) is 9.70. The largest absolute Gasteiger partial charge is 0.389 e. The van der Waals surface area contributed by atoms with Crippen LogP contribution in [0, 0.1) is 17.8 Å². The van der Waals surface area contributed by atoms with Crippen molar-refractivity contribution >= 4 is 24.8 Å². The molecule has 1 saturated heterocycles. The third kappa shape index (κ3) is 5.50. The predicted molar refractivity (Wildman–Crippen MR) is 94.2 cm³/mol. The quantitative estimate of drug-likeness (QED) is 0.789. The number of fused-ring (bicyclic) bond motifs is 2. The number of aliphatic hydroxyl groups is 1. The number of hydrogen-bond donors (Lipinski definition) is 1. The van der Waals surface area contributed by atoms with Crippen LogP contribution >= 0.6 is 24.8 Å². The summed E-state index contributed by atoms with van der Waals surface area (Å²) in [6.07, 6.45) is 5.37. The van der Waals surface area contributed by atoms with Gasteiger partial charge in [0.15, 0.2) is 0 Å². The summed E-state index contributed by atoms with van der Waals surface area (Å²) in [5.74, 6) is 2.70. The average Bonchev–Trinajstić information content (AvgIpc) is 3.04. The number of rotatable bonds is 6. The smallest absolute Gasteiger partial charge is 0.0900 e. The maximum atomic E-state index is 10.1. The van der Waals surface area contributed by atoms with Crippen LogP contribution in [0.1, 0.15) is 25.7 Å². The lowest BCUT2D eigenvalue weighted by atomic mass is 9.90. The molecule has 2 aliphatic carbocycles. The van der Waals surface area contributed by atoms with Gasteiger partial charge < -0.3 is 14.7 Å². The number of piperazine rings is 1. The summed E-state index contributed by atoms with van der Waals surface area (Å²) in [6, 6.07) is 0. The van der Waals surface area contributed by atoms with Crippen molar-refractivity contribution in [1.82, 2.24) is 9.80 Å². The van der Waals surface area contributed by atoms with Gasteiger partial charge >= 0.3 is 0 Å². The molecule has 0 aromatic heterocycles. The first-order valence-corrected chi connectivity index (χ1v) is 8.37. The van der Waals surface area contributed by atoms with E-state index in [1.165, 1.54) is 25.7 Å². The second kappa shape index (κ2) is 9.65. The minimum atomic E-state index is -0.322. The van der Waals surface area contributed by atoms with Crippen molar-refractivity contribution < 1.29 is 9.84 Å². The molecule has 0 radical (unpaired) electrons. The molecule has 2 saturated carbocycles. The van der Waals surface area contributed by atoms with E-state index in [0.717, 1.165) is 57.1 Å². The summed E-state index contributed by atoms with van der Waals surface area (Å²) >= 11 is 0. The van der Waals surface area contributed by atoms with Crippen LogP contribution in [-0.4, -0.2) is 74.0 Å². The summed E-state index contributed by atoms with van der Waals surface area (Å²) in [4.78, 5) is 4.69. The van der Waals surface area contributed by atoms with Crippen molar-refractivity contribution in [3.8, 4) is 0 Å². The van der Waals surface area contributed by atoms with Crippen LogP contribution < -0.4 is 0 Å². The van der Waals surface area contributed by atoms with Gasteiger partial charge in [-0.2, -0.15) is 0 Å². The molecular formula is C16H32Cl2N2O2. The van der Waals surface area contributed by atoms with E-state index in [9.17, 15) is 5.11 Å². The van der Waals surface area contributed by atoms with Gasteiger partial charge in [0.25, 0.3) is 0 Å². The normalized spacial score (nSPS) is 33.3. The van der Waals surface area contributed by atoms with Gasteiger partial charge in [0.1, 0.15) is 0 Å². The fraction of sp³-hybridized carbons (Fsp3) is 1.00. The minimum absolute atomic E-state index is 0. The molecule has 0 aromatic carbocycles. The third-order valence-electron chi connectivity index (χ3n) is 5.59. The Kier molecular flexibility index (Phi) is 8.98. The monoisotopic (exact) mass is 354 g/mol. The lowest BCUT2D eigenvalue weighted by Gasteiger charge is -2.33. The van der Waals surface area contributed by atoms with E-state index < -0.39 is 0 Å². The van der Waals surface area contributed by atoms with Crippen LogP contribution in [-0.2, 0) is 4.74 Å². The second-order valence-electron chi connectivity index (χ2n) is 7.23. The van der Waals surface area contributed by atoms with Crippen LogP contribution in [0.4, 0.5) is 0 Å². The summed E-state index contributed by atoms with van der Waals surface area (Å²) in [6.45, 7) is 6.52. The number of aliphatic hydroxyl groups excluding tert-OH is 1. The Bertz CT molecular complexity index is 315. The van der Waals surface area contributed by atoms with E-state index in [1.54, 1.807) is 0 Å². The van der Waals surface area contributed by atoms with E-state index in [0.29, 0.717) is 6.61 Å². The average molecular weight is 355 g/mol. The van der Waals surface area contributed by atoms with Crippen molar-refractivity contribution in [2.24, 2.45) is 17.8 Å². The molecular weight excluding hydrogens is 323 g/mol. The highest BCUT2D eigenvalue weighted by atomic mass is 35.5. The molecule has 3 rings (SSSR count). The van der Waals surface area contributed by atoms with Gasteiger partial charge in [-0.1, -0.05) is 6.42 Å². The van der Waals surface area contributed by atoms with Crippen molar-refractivity contribution in [3.05, 3.63) is 0 Å². The highest BCUT2D eigenvalue weighted by Gasteiger charge is 2.39.